The van der Waals surface area contributed by atoms with Gasteiger partial charge in [0.2, 0.25) is 0 Å². The van der Waals surface area contributed by atoms with E-state index < -0.39 is 97.5 Å². The number of carbonyl (C=O) groups excluding carboxylic acids is 4. The number of hydrogen-bond acceptors (Lipinski definition) is 15. The summed E-state index contributed by atoms with van der Waals surface area (Å²) >= 11 is 0. The summed E-state index contributed by atoms with van der Waals surface area (Å²) in [6, 6.07) is 0. The fourth-order valence-electron chi connectivity index (χ4n) is 11.3. The summed E-state index contributed by atoms with van der Waals surface area (Å²) in [6.07, 6.45) is 48.7. The topological polar surface area (TPSA) is 237 Å². The standard InChI is InChI=1S/C75H146O17P2/c1-9-68(8)54-46-38-33-34-40-48-56-73(78)86-62-71(92-75(80)57-49-41-30-24-20-16-12-10-11-14-18-22-27-35-43-51-65(2)3)64-90-94(83,84)88-60-69(76)59-87-93(81,82)89-63-70(61-85-72(77)55-47-39-32-26-29-37-45-53-67(6)7)91-74(79)58-50-42-31-25-21-17-13-15-19-23-28-36-44-52-66(4)5/h65-71,76H,9-64H2,1-8H3,(H,81,82)(H,83,84)/t68?,69-,70-,71-/m1/s1. The highest BCUT2D eigenvalue weighted by Crippen LogP contribution is 2.45. The molecule has 0 aromatic heterocycles. The summed E-state index contributed by atoms with van der Waals surface area (Å²) in [6.45, 7) is 14.1. The van der Waals surface area contributed by atoms with E-state index in [1.54, 1.807) is 0 Å². The molecule has 0 aromatic rings. The second-order valence-electron chi connectivity index (χ2n) is 28.7. The average Bonchev–Trinajstić information content (AvgIpc) is 1.15. The van der Waals surface area contributed by atoms with Crippen LogP contribution in [0.1, 0.15) is 376 Å². The van der Waals surface area contributed by atoms with E-state index in [1.165, 1.54) is 167 Å². The van der Waals surface area contributed by atoms with E-state index in [9.17, 15) is 43.2 Å². The van der Waals surface area contributed by atoms with Gasteiger partial charge in [0.1, 0.15) is 19.3 Å². The number of aliphatic hydroxyl groups excluding tert-OH is 1. The predicted octanol–water partition coefficient (Wildman–Crippen LogP) is 21.7. The molecule has 0 spiro atoms. The highest BCUT2D eigenvalue weighted by molar-refractivity contribution is 7.47. The maximum absolute atomic E-state index is 13.1. The predicted molar refractivity (Wildman–Crippen MR) is 381 cm³/mol. The summed E-state index contributed by atoms with van der Waals surface area (Å²) in [7, 11) is -9.91. The Bertz CT molecular complexity index is 1850. The molecular weight excluding hydrogens is 1230 g/mol. The van der Waals surface area contributed by atoms with E-state index in [-0.39, 0.29) is 25.7 Å². The minimum atomic E-state index is -4.96. The van der Waals surface area contributed by atoms with Crippen molar-refractivity contribution in [1.29, 1.82) is 0 Å². The average molecular weight is 1380 g/mol. The van der Waals surface area contributed by atoms with Crippen molar-refractivity contribution >= 4 is 39.5 Å². The Balaban J connectivity index is 5.22. The minimum absolute atomic E-state index is 0.106. The molecule has 0 aliphatic heterocycles. The van der Waals surface area contributed by atoms with Gasteiger partial charge in [0.05, 0.1) is 26.4 Å². The van der Waals surface area contributed by atoms with Gasteiger partial charge in [-0.2, -0.15) is 0 Å². The molecule has 3 unspecified atom stereocenters. The Morgan fingerprint density at radius 1 is 0.298 bits per heavy atom. The van der Waals surface area contributed by atoms with Gasteiger partial charge < -0.3 is 33.8 Å². The Morgan fingerprint density at radius 2 is 0.511 bits per heavy atom. The number of phosphoric acid groups is 2. The summed E-state index contributed by atoms with van der Waals surface area (Å²) in [5, 5.41) is 10.6. The number of hydrogen-bond donors (Lipinski definition) is 3. The van der Waals surface area contributed by atoms with Gasteiger partial charge >= 0.3 is 39.5 Å². The van der Waals surface area contributed by atoms with Crippen LogP contribution in [-0.4, -0.2) is 96.7 Å². The highest BCUT2D eigenvalue weighted by atomic mass is 31.2. The monoisotopic (exact) mass is 1380 g/mol. The molecule has 0 aromatic carbocycles. The van der Waals surface area contributed by atoms with Crippen LogP contribution in [-0.2, 0) is 65.4 Å². The molecule has 19 heteroatoms. The zero-order chi connectivity index (χ0) is 69.6. The number of rotatable bonds is 72. The summed E-state index contributed by atoms with van der Waals surface area (Å²) in [5.41, 5.74) is 0. The summed E-state index contributed by atoms with van der Waals surface area (Å²) < 4.78 is 68.5. The first-order valence-corrected chi connectivity index (χ1v) is 41.7. The van der Waals surface area contributed by atoms with Crippen LogP contribution in [0.5, 0.6) is 0 Å². The molecule has 0 fully saturated rings. The van der Waals surface area contributed by atoms with Crippen molar-refractivity contribution in [3.05, 3.63) is 0 Å². The molecule has 0 heterocycles. The molecule has 0 radical (unpaired) electrons. The molecule has 6 atom stereocenters. The van der Waals surface area contributed by atoms with Gasteiger partial charge in [0.15, 0.2) is 12.2 Å². The van der Waals surface area contributed by atoms with Gasteiger partial charge in [-0.15, -0.1) is 0 Å². The van der Waals surface area contributed by atoms with E-state index in [2.05, 4.69) is 55.4 Å². The third kappa shape index (κ3) is 67.3. The number of phosphoric ester groups is 2. The van der Waals surface area contributed by atoms with Crippen LogP contribution in [0.4, 0.5) is 0 Å². The molecule has 17 nitrogen and oxygen atoms in total. The minimum Gasteiger partial charge on any atom is -0.462 e. The van der Waals surface area contributed by atoms with Gasteiger partial charge in [-0.25, -0.2) is 9.13 Å². The Kier molecular flexibility index (Phi) is 63.1. The van der Waals surface area contributed by atoms with Crippen molar-refractivity contribution in [1.82, 2.24) is 0 Å². The first-order chi connectivity index (χ1) is 45.1. The van der Waals surface area contributed by atoms with Gasteiger partial charge in [-0.05, 0) is 49.4 Å². The summed E-state index contributed by atoms with van der Waals surface area (Å²) in [5.74, 6) is 0.901. The Labute approximate surface area is 575 Å². The lowest BCUT2D eigenvalue weighted by Crippen LogP contribution is -2.30. The molecule has 0 aliphatic carbocycles. The molecule has 94 heavy (non-hydrogen) atoms. The number of carbonyl (C=O) groups is 4. The number of unbranched alkanes of at least 4 members (excludes halogenated alkanes) is 37. The normalized spacial score (nSPS) is 14.4. The van der Waals surface area contributed by atoms with Crippen LogP contribution in [0.25, 0.3) is 0 Å². The van der Waals surface area contributed by atoms with Gasteiger partial charge in [0, 0.05) is 25.7 Å². The van der Waals surface area contributed by atoms with E-state index in [4.69, 9.17) is 37.0 Å². The van der Waals surface area contributed by atoms with E-state index in [1.807, 2.05) is 0 Å². The van der Waals surface area contributed by atoms with Crippen LogP contribution in [0, 0.1) is 23.7 Å². The van der Waals surface area contributed by atoms with E-state index >= 15 is 0 Å². The van der Waals surface area contributed by atoms with Crippen molar-refractivity contribution in [2.45, 2.75) is 395 Å². The highest BCUT2D eigenvalue weighted by Gasteiger charge is 2.30. The third-order valence-corrected chi connectivity index (χ3v) is 19.6. The Morgan fingerprint density at radius 3 is 0.755 bits per heavy atom. The number of aliphatic hydroxyl groups is 1. The van der Waals surface area contributed by atoms with Crippen molar-refractivity contribution in [3.8, 4) is 0 Å². The lowest BCUT2D eigenvalue weighted by Gasteiger charge is -2.21. The molecule has 0 saturated carbocycles. The SMILES string of the molecule is CCC(C)CCCCCCCCC(=O)OC[C@H](COP(=O)(O)OC[C@H](O)COP(=O)(O)OC[C@@H](COC(=O)CCCCCCCCCC(C)C)OC(=O)CCCCCCCCCCCCCCCC(C)C)OC(=O)CCCCCCCCCCCCCCCCCC(C)C. The zero-order valence-corrected chi connectivity index (χ0v) is 63.4. The second kappa shape index (κ2) is 64.4. The molecule has 558 valence electrons. The van der Waals surface area contributed by atoms with E-state index in [0.717, 1.165) is 120 Å². The van der Waals surface area contributed by atoms with Crippen LogP contribution >= 0.6 is 15.6 Å². The van der Waals surface area contributed by atoms with Crippen molar-refractivity contribution in [2.75, 3.05) is 39.6 Å². The first kappa shape index (κ1) is 92.1. The fraction of sp³-hybridized carbons (Fsp3) is 0.947. The molecular formula is C75H146O17P2. The van der Waals surface area contributed by atoms with Crippen LogP contribution in [0.15, 0.2) is 0 Å². The number of esters is 4. The molecule has 0 aliphatic rings. The Hall–Kier alpha value is -1.94. The smallest absolute Gasteiger partial charge is 0.462 e. The molecule has 3 N–H and O–H groups in total. The molecule has 0 rings (SSSR count). The largest absolute Gasteiger partial charge is 0.472 e. The number of ether oxygens (including phenoxy) is 4. The van der Waals surface area contributed by atoms with Crippen LogP contribution < -0.4 is 0 Å². The summed E-state index contributed by atoms with van der Waals surface area (Å²) in [4.78, 5) is 72.7. The second-order valence-corrected chi connectivity index (χ2v) is 31.6. The first-order valence-electron chi connectivity index (χ1n) is 38.7. The van der Waals surface area contributed by atoms with Crippen molar-refractivity contribution in [3.63, 3.8) is 0 Å². The maximum atomic E-state index is 13.1. The lowest BCUT2D eigenvalue weighted by atomic mass is 10.00. The van der Waals surface area contributed by atoms with Crippen LogP contribution in [0.2, 0.25) is 0 Å². The molecule has 0 bridgehead atoms. The zero-order valence-electron chi connectivity index (χ0n) is 61.6. The van der Waals surface area contributed by atoms with Gasteiger partial charge in [-0.1, -0.05) is 325 Å². The van der Waals surface area contributed by atoms with Gasteiger partial charge in [-0.3, -0.25) is 37.3 Å². The van der Waals surface area contributed by atoms with Gasteiger partial charge in [0.25, 0.3) is 0 Å². The third-order valence-electron chi connectivity index (χ3n) is 17.7. The molecule has 0 saturated heterocycles. The fourth-order valence-corrected chi connectivity index (χ4v) is 12.9. The quantitative estimate of drug-likeness (QED) is 0.0222. The van der Waals surface area contributed by atoms with Crippen molar-refractivity contribution < 1.29 is 80.2 Å². The van der Waals surface area contributed by atoms with E-state index in [0.29, 0.717) is 31.6 Å². The van der Waals surface area contributed by atoms with Crippen molar-refractivity contribution in [2.24, 2.45) is 23.7 Å². The maximum Gasteiger partial charge on any atom is 0.472 e. The lowest BCUT2D eigenvalue weighted by molar-refractivity contribution is -0.161. The van der Waals surface area contributed by atoms with Crippen LogP contribution in [0.3, 0.4) is 0 Å². The molecule has 0 amide bonds.